The first-order valence-electron chi connectivity index (χ1n) is 10.4. The van der Waals surface area contributed by atoms with Gasteiger partial charge in [0.15, 0.2) is 0 Å². The lowest BCUT2D eigenvalue weighted by Gasteiger charge is -2.32. The van der Waals surface area contributed by atoms with E-state index in [-0.39, 0.29) is 17.9 Å². The summed E-state index contributed by atoms with van der Waals surface area (Å²) < 4.78 is 28.3. The number of piperidine rings is 1. The van der Waals surface area contributed by atoms with Crippen molar-refractivity contribution in [1.29, 1.82) is 0 Å². The molecule has 2 saturated carbocycles. The predicted octanol–water partition coefficient (Wildman–Crippen LogP) is 3.41. The number of nitrogens with zero attached hydrogens (tertiary/aromatic N) is 1. The molecule has 1 N–H and O–H groups in total. The second-order valence-electron chi connectivity index (χ2n) is 8.40. The highest BCUT2D eigenvalue weighted by atomic mass is 32.2. The average molecular weight is 391 g/mol. The molecular formula is C21H30N2O3S. The van der Waals surface area contributed by atoms with Crippen molar-refractivity contribution in [2.45, 2.75) is 74.6 Å². The van der Waals surface area contributed by atoms with Crippen molar-refractivity contribution in [3.8, 4) is 0 Å². The zero-order valence-corrected chi connectivity index (χ0v) is 16.7. The highest BCUT2D eigenvalue weighted by molar-refractivity contribution is 7.89. The topological polar surface area (TPSA) is 66.5 Å². The molecule has 5 nitrogen and oxygen atoms in total. The van der Waals surface area contributed by atoms with Crippen molar-refractivity contribution in [2.75, 3.05) is 13.1 Å². The Morgan fingerprint density at radius 1 is 0.889 bits per heavy atom. The number of hydrogen-bond donors (Lipinski definition) is 1. The van der Waals surface area contributed by atoms with Gasteiger partial charge in [-0.15, -0.1) is 0 Å². The SMILES string of the molecule is O=C(C1CC1)N1CCC(NS(=O)(=O)c2ccc(C3CCCCC3)cc2)CC1. The first kappa shape index (κ1) is 18.9. The maximum absolute atomic E-state index is 12.7. The fourth-order valence-corrected chi connectivity index (χ4v) is 5.75. The molecule has 0 atom stereocenters. The number of nitrogens with one attached hydrogen (secondary N) is 1. The third-order valence-electron chi connectivity index (χ3n) is 6.32. The Hall–Kier alpha value is -1.40. The fourth-order valence-electron chi connectivity index (χ4n) is 4.45. The number of sulfonamides is 1. The van der Waals surface area contributed by atoms with Gasteiger partial charge in [-0.2, -0.15) is 0 Å². The van der Waals surface area contributed by atoms with Gasteiger partial charge in [0.1, 0.15) is 0 Å². The van der Waals surface area contributed by atoms with E-state index < -0.39 is 10.0 Å². The molecule has 3 aliphatic rings. The summed E-state index contributed by atoms with van der Waals surface area (Å²) in [6, 6.07) is 7.38. The molecule has 27 heavy (non-hydrogen) atoms. The van der Waals surface area contributed by atoms with Gasteiger partial charge in [0, 0.05) is 25.0 Å². The molecule has 0 bridgehead atoms. The van der Waals surface area contributed by atoms with Crippen LogP contribution in [0.15, 0.2) is 29.2 Å². The summed E-state index contributed by atoms with van der Waals surface area (Å²) in [6.45, 7) is 1.31. The van der Waals surface area contributed by atoms with Gasteiger partial charge < -0.3 is 4.90 Å². The fraction of sp³-hybridized carbons (Fsp3) is 0.667. The van der Waals surface area contributed by atoms with E-state index in [0.29, 0.717) is 36.7 Å². The van der Waals surface area contributed by atoms with E-state index in [0.717, 1.165) is 12.8 Å². The molecule has 0 spiro atoms. The van der Waals surface area contributed by atoms with Gasteiger partial charge in [0.25, 0.3) is 0 Å². The molecular weight excluding hydrogens is 360 g/mol. The molecule has 0 unspecified atom stereocenters. The number of carbonyl (C=O) groups excluding carboxylic acids is 1. The van der Waals surface area contributed by atoms with Crippen molar-refractivity contribution >= 4 is 15.9 Å². The molecule has 1 saturated heterocycles. The van der Waals surface area contributed by atoms with Gasteiger partial charge >= 0.3 is 0 Å². The zero-order valence-electron chi connectivity index (χ0n) is 15.9. The van der Waals surface area contributed by atoms with E-state index in [9.17, 15) is 13.2 Å². The summed E-state index contributed by atoms with van der Waals surface area (Å²) in [7, 11) is -3.50. The smallest absolute Gasteiger partial charge is 0.240 e. The Labute approximate surface area is 162 Å². The standard InChI is InChI=1S/C21H30N2O3S/c24-21(18-6-7-18)23-14-12-19(13-15-23)22-27(25,26)20-10-8-17(9-11-20)16-4-2-1-3-5-16/h8-11,16,18-19,22H,1-7,12-15H2. The summed E-state index contributed by atoms with van der Waals surface area (Å²) >= 11 is 0. The summed E-state index contributed by atoms with van der Waals surface area (Å²) in [5, 5.41) is 0. The number of amides is 1. The van der Waals surface area contributed by atoms with E-state index in [1.165, 1.54) is 37.7 Å². The normalized spacial score (nSPS) is 22.7. The highest BCUT2D eigenvalue weighted by Crippen LogP contribution is 2.33. The lowest BCUT2D eigenvalue weighted by atomic mass is 9.84. The van der Waals surface area contributed by atoms with E-state index >= 15 is 0 Å². The van der Waals surface area contributed by atoms with Crippen LogP contribution in [0.3, 0.4) is 0 Å². The molecule has 3 fully saturated rings. The predicted molar refractivity (Wildman–Crippen MR) is 105 cm³/mol. The zero-order chi connectivity index (χ0) is 18.9. The minimum atomic E-state index is -3.50. The monoisotopic (exact) mass is 390 g/mol. The van der Waals surface area contributed by atoms with Gasteiger partial charge in [-0.25, -0.2) is 13.1 Å². The summed E-state index contributed by atoms with van der Waals surface area (Å²) in [4.78, 5) is 14.4. The quantitative estimate of drug-likeness (QED) is 0.838. The van der Waals surface area contributed by atoms with E-state index in [1.54, 1.807) is 12.1 Å². The Morgan fingerprint density at radius 2 is 1.52 bits per heavy atom. The Bertz CT molecular complexity index is 757. The van der Waals surface area contributed by atoms with Crippen LogP contribution in [0.2, 0.25) is 0 Å². The van der Waals surface area contributed by atoms with Crippen molar-refractivity contribution in [2.24, 2.45) is 5.92 Å². The Balaban J connectivity index is 1.33. The molecule has 0 radical (unpaired) electrons. The van der Waals surface area contributed by atoms with Crippen LogP contribution < -0.4 is 4.72 Å². The number of hydrogen-bond acceptors (Lipinski definition) is 3. The van der Waals surface area contributed by atoms with Crippen LogP contribution in [0.5, 0.6) is 0 Å². The maximum Gasteiger partial charge on any atom is 0.240 e. The van der Waals surface area contributed by atoms with Gasteiger partial charge in [0.2, 0.25) is 15.9 Å². The van der Waals surface area contributed by atoms with Gasteiger partial charge in [-0.05, 0) is 62.1 Å². The molecule has 1 amide bonds. The van der Waals surface area contributed by atoms with Crippen LogP contribution >= 0.6 is 0 Å². The van der Waals surface area contributed by atoms with E-state index in [1.807, 2.05) is 17.0 Å². The lowest BCUT2D eigenvalue weighted by Crippen LogP contribution is -2.46. The molecule has 6 heteroatoms. The number of carbonyl (C=O) groups is 1. The van der Waals surface area contributed by atoms with Crippen LogP contribution in [-0.2, 0) is 14.8 Å². The van der Waals surface area contributed by atoms with Gasteiger partial charge in [-0.1, -0.05) is 31.4 Å². The molecule has 4 rings (SSSR count). The maximum atomic E-state index is 12.7. The summed E-state index contributed by atoms with van der Waals surface area (Å²) in [5.74, 6) is 1.08. The van der Waals surface area contributed by atoms with Crippen molar-refractivity contribution in [1.82, 2.24) is 9.62 Å². The first-order chi connectivity index (χ1) is 13.0. The Kier molecular flexibility index (Phi) is 5.55. The van der Waals surface area contributed by atoms with Crippen molar-refractivity contribution < 1.29 is 13.2 Å². The minimum Gasteiger partial charge on any atom is -0.342 e. The molecule has 0 aromatic heterocycles. The van der Waals surface area contributed by atoms with Crippen LogP contribution in [0.25, 0.3) is 0 Å². The second-order valence-corrected chi connectivity index (χ2v) is 10.1. The summed E-state index contributed by atoms with van der Waals surface area (Å²) in [6.07, 6.45) is 9.70. The third kappa shape index (κ3) is 4.54. The third-order valence-corrected chi connectivity index (χ3v) is 7.86. The number of benzene rings is 1. The largest absolute Gasteiger partial charge is 0.342 e. The van der Waals surface area contributed by atoms with Crippen LogP contribution in [-0.4, -0.2) is 38.4 Å². The van der Waals surface area contributed by atoms with Gasteiger partial charge in [-0.3, -0.25) is 4.79 Å². The lowest BCUT2D eigenvalue weighted by molar-refractivity contribution is -0.133. The number of likely N-dealkylation sites (tertiary alicyclic amines) is 1. The van der Waals surface area contributed by atoms with Crippen LogP contribution in [0, 0.1) is 5.92 Å². The molecule has 148 valence electrons. The van der Waals surface area contributed by atoms with Crippen molar-refractivity contribution in [3.63, 3.8) is 0 Å². The molecule has 1 aromatic rings. The van der Waals surface area contributed by atoms with Crippen molar-refractivity contribution in [3.05, 3.63) is 29.8 Å². The number of rotatable bonds is 5. The summed E-state index contributed by atoms with van der Waals surface area (Å²) in [5.41, 5.74) is 1.26. The van der Waals surface area contributed by atoms with Crippen LogP contribution in [0.1, 0.15) is 69.3 Å². The van der Waals surface area contributed by atoms with Gasteiger partial charge in [0.05, 0.1) is 4.90 Å². The molecule has 2 aliphatic carbocycles. The Morgan fingerprint density at radius 3 is 2.11 bits per heavy atom. The molecule has 1 aliphatic heterocycles. The van der Waals surface area contributed by atoms with E-state index in [4.69, 9.17) is 0 Å². The molecule has 1 heterocycles. The first-order valence-corrected chi connectivity index (χ1v) is 11.9. The highest BCUT2D eigenvalue weighted by Gasteiger charge is 2.35. The average Bonchev–Trinajstić information content (AvgIpc) is 3.54. The second kappa shape index (κ2) is 7.92. The molecule has 1 aromatic carbocycles. The van der Waals surface area contributed by atoms with E-state index in [2.05, 4.69) is 4.72 Å². The minimum absolute atomic E-state index is 0.0868. The van der Waals surface area contributed by atoms with Crippen LogP contribution in [0.4, 0.5) is 0 Å².